The average molecular weight is 678 g/mol. The molecule has 0 unspecified atom stereocenters. The maximum absolute atomic E-state index is 6.84. The average Bonchev–Trinajstić information content (AvgIpc) is 3.63. The summed E-state index contributed by atoms with van der Waals surface area (Å²) in [5.74, 6) is 1.80. The standard InChI is InChI=1S/C49H31N3O/c1-4-13-32(14-5-1)33-23-25-34(26-24-33)35-27-29-36(30-28-35)43-31-44-45(40-20-11-10-19-39(40)43)41-21-12-22-42(46(41)53-44)49-51-47(37-15-6-2-7-16-37)50-48(52-49)38-17-8-3-9-18-38/h1-31H. The third-order valence-electron chi connectivity index (χ3n) is 9.97. The minimum Gasteiger partial charge on any atom is -0.455 e. The number of benzene rings is 8. The molecule has 2 aromatic heterocycles. The van der Waals surface area contributed by atoms with Gasteiger partial charge in [0.25, 0.3) is 0 Å². The molecule has 4 heteroatoms. The smallest absolute Gasteiger partial charge is 0.167 e. The van der Waals surface area contributed by atoms with Crippen molar-refractivity contribution in [2.45, 2.75) is 0 Å². The first kappa shape index (κ1) is 30.6. The highest BCUT2D eigenvalue weighted by Crippen LogP contribution is 2.43. The quantitative estimate of drug-likeness (QED) is 0.176. The van der Waals surface area contributed by atoms with E-state index in [1.165, 1.54) is 27.6 Å². The normalized spacial score (nSPS) is 11.4. The highest BCUT2D eigenvalue weighted by Gasteiger charge is 2.20. The summed E-state index contributed by atoms with van der Waals surface area (Å²) in [4.78, 5) is 14.9. The fourth-order valence-corrected chi connectivity index (χ4v) is 7.33. The van der Waals surface area contributed by atoms with Gasteiger partial charge >= 0.3 is 0 Å². The zero-order valence-corrected chi connectivity index (χ0v) is 28.6. The van der Waals surface area contributed by atoms with Crippen LogP contribution in [0.4, 0.5) is 0 Å². The molecule has 0 aliphatic rings. The molecule has 0 fully saturated rings. The summed E-state index contributed by atoms with van der Waals surface area (Å²) in [5.41, 5.74) is 11.3. The van der Waals surface area contributed by atoms with E-state index in [1.54, 1.807) is 0 Å². The van der Waals surface area contributed by atoms with Crippen molar-refractivity contribution in [3.63, 3.8) is 0 Å². The van der Waals surface area contributed by atoms with E-state index in [9.17, 15) is 0 Å². The zero-order valence-electron chi connectivity index (χ0n) is 28.6. The number of hydrogen-bond donors (Lipinski definition) is 0. The van der Waals surface area contributed by atoms with E-state index in [0.717, 1.165) is 55.1 Å². The molecule has 0 saturated heterocycles. The number of aromatic nitrogens is 3. The Labute approximate surface area is 306 Å². The summed E-state index contributed by atoms with van der Waals surface area (Å²) in [6.07, 6.45) is 0. The van der Waals surface area contributed by atoms with Gasteiger partial charge in [0.15, 0.2) is 17.5 Å². The second kappa shape index (κ2) is 12.9. The van der Waals surface area contributed by atoms with Crippen LogP contribution in [0.25, 0.3) is 100 Å². The van der Waals surface area contributed by atoms with Gasteiger partial charge in [-0.2, -0.15) is 0 Å². The molecule has 2 heterocycles. The van der Waals surface area contributed by atoms with Gasteiger partial charge in [0.1, 0.15) is 11.2 Å². The van der Waals surface area contributed by atoms with E-state index < -0.39 is 0 Å². The van der Waals surface area contributed by atoms with E-state index >= 15 is 0 Å². The summed E-state index contributed by atoms with van der Waals surface area (Å²) in [6.45, 7) is 0. The van der Waals surface area contributed by atoms with Gasteiger partial charge in [-0.25, -0.2) is 15.0 Å². The molecule has 0 aliphatic heterocycles. The van der Waals surface area contributed by atoms with Crippen LogP contribution in [0.5, 0.6) is 0 Å². The molecule has 8 aromatic carbocycles. The summed E-state index contributed by atoms with van der Waals surface area (Å²) < 4.78 is 6.84. The minimum absolute atomic E-state index is 0.569. The lowest BCUT2D eigenvalue weighted by Gasteiger charge is -2.10. The molecule has 248 valence electrons. The van der Waals surface area contributed by atoms with Crippen LogP contribution in [-0.2, 0) is 0 Å². The first-order chi connectivity index (χ1) is 26.3. The molecule has 0 bridgehead atoms. The molecule has 10 rings (SSSR count). The van der Waals surface area contributed by atoms with E-state index in [-0.39, 0.29) is 0 Å². The van der Waals surface area contributed by atoms with Crippen LogP contribution in [0.1, 0.15) is 0 Å². The molecule has 0 spiro atoms. The van der Waals surface area contributed by atoms with Crippen molar-refractivity contribution < 1.29 is 4.42 Å². The molecule has 53 heavy (non-hydrogen) atoms. The van der Waals surface area contributed by atoms with Crippen LogP contribution in [0.3, 0.4) is 0 Å². The van der Waals surface area contributed by atoms with Crippen LogP contribution < -0.4 is 0 Å². The van der Waals surface area contributed by atoms with Crippen molar-refractivity contribution in [2.24, 2.45) is 0 Å². The highest BCUT2D eigenvalue weighted by molar-refractivity contribution is 6.23. The fraction of sp³-hybridized carbons (Fsp3) is 0. The van der Waals surface area contributed by atoms with Crippen molar-refractivity contribution in [1.29, 1.82) is 0 Å². The lowest BCUT2D eigenvalue weighted by Crippen LogP contribution is -2.00. The van der Waals surface area contributed by atoms with Gasteiger partial charge < -0.3 is 4.42 Å². The molecule has 4 nitrogen and oxygen atoms in total. The summed E-state index contributed by atoms with van der Waals surface area (Å²) in [7, 11) is 0. The Morgan fingerprint density at radius 2 is 0.736 bits per heavy atom. The third kappa shape index (κ3) is 5.54. The molecule has 0 amide bonds. The number of hydrogen-bond acceptors (Lipinski definition) is 4. The van der Waals surface area contributed by atoms with Gasteiger partial charge in [-0.05, 0) is 56.3 Å². The monoisotopic (exact) mass is 677 g/mol. The van der Waals surface area contributed by atoms with Crippen LogP contribution in [0.15, 0.2) is 192 Å². The van der Waals surface area contributed by atoms with Gasteiger partial charge in [0.05, 0.1) is 5.56 Å². The lowest BCUT2D eigenvalue weighted by molar-refractivity contribution is 0.670. The predicted molar refractivity (Wildman–Crippen MR) is 217 cm³/mol. The van der Waals surface area contributed by atoms with E-state index in [1.807, 2.05) is 72.8 Å². The van der Waals surface area contributed by atoms with Crippen molar-refractivity contribution in [3.8, 4) is 67.5 Å². The molecule has 0 atom stereocenters. The Hall–Kier alpha value is -7.17. The minimum atomic E-state index is 0.569. The Morgan fingerprint density at radius 1 is 0.302 bits per heavy atom. The third-order valence-corrected chi connectivity index (χ3v) is 9.97. The van der Waals surface area contributed by atoms with Crippen LogP contribution in [0.2, 0.25) is 0 Å². The number of furan rings is 1. The van der Waals surface area contributed by atoms with Crippen LogP contribution >= 0.6 is 0 Å². The Balaban J connectivity index is 1.09. The van der Waals surface area contributed by atoms with Crippen molar-refractivity contribution in [1.82, 2.24) is 15.0 Å². The van der Waals surface area contributed by atoms with Crippen LogP contribution in [0, 0.1) is 0 Å². The maximum Gasteiger partial charge on any atom is 0.167 e. The maximum atomic E-state index is 6.84. The lowest BCUT2D eigenvalue weighted by atomic mass is 9.93. The topological polar surface area (TPSA) is 51.8 Å². The predicted octanol–water partition coefficient (Wildman–Crippen LogP) is 12.9. The zero-order chi connectivity index (χ0) is 35.1. The number of rotatable bonds is 6. The molecule has 0 saturated carbocycles. The van der Waals surface area contributed by atoms with Crippen molar-refractivity contribution in [2.75, 3.05) is 0 Å². The first-order valence-electron chi connectivity index (χ1n) is 17.8. The van der Waals surface area contributed by atoms with Gasteiger partial charge in [-0.1, -0.05) is 176 Å². The van der Waals surface area contributed by atoms with Gasteiger partial charge in [-0.15, -0.1) is 0 Å². The molecule has 10 aromatic rings. The van der Waals surface area contributed by atoms with Gasteiger partial charge in [0, 0.05) is 21.9 Å². The largest absolute Gasteiger partial charge is 0.455 e. The Bertz CT molecular complexity index is 2840. The van der Waals surface area contributed by atoms with Crippen molar-refractivity contribution in [3.05, 3.63) is 188 Å². The molecular weight excluding hydrogens is 647 g/mol. The molecule has 0 N–H and O–H groups in total. The first-order valence-corrected chi connectivity index (χ1v) is 17.8. The second-order valence-corrected chi connectivity index (χ2v) is 13.2. The second-order valence-electron chi connectivity index (χ2n) is 13.2. The van der Waals surface area contributed by atoms with Gasteiger partial charge in [0.2, 0.25) is 0 Å². The number of nitrogens with zero attached hydrogens (tertiary/aromatic N) is 3. The van der Waals surface area contributed by atoms with Crippen LogP contribution in [-0.4, -0.2) is 15.0 Å². The Kier molecular flexibility index (Phi) is 7.43. The fourth-order valence-electron chi connectivity index (χ4n) is 7.33. The Morgan fingerprint density at radius 3 is 1.30 bits per heavy atom. The summed E-state index contributed by atoms with van der Waals surface area (Å²) >= 11 is 0. The SMILES string of the molecule is c1ccc(-c2ccc(-c3ccc(-c4cc5oc6c(-c7nc(-c8ccccc8)nc(-c8ccccc8)n7)cccc6c5c5ccccc45)cc3)cc2)cc1. The van der Waals surface area contributed by atoms with E-state index in [2.05, 4.69) is 115 Å². The molecule has 0 radical (unpaired) electrons. The number of para-hydroxylation sites is 1. The van der Waals surface area contributed by atoms with E-state index in [4.69, 9.17) is 19.4 Å². The van der Waals surface area contributed by atoms with Crippen molar-refractivity contribution >= 4 is 32.7 Å². The van der Waals surface area contributed by atoms with Gasteiger partial charge in [-0.3, -0.25) is 0 Å². The molecular formula is C49H31N3O. The highest BCUT2D eigenvalue weighted by atomic mass is 16.3. The number of fused-ring (bicyclic) bond motifs is 5. The van der Waals surface area contributed by atoms with E-state index in [0.29, 0.717) is 17.5 Å². The summed E-state index contributed by atoms with van der Waals surface area (Å²) in [5, 5.41) is 4.42. The molecule has 0 aliphatic carbocycles. The summed E-state index contributed by atoms with van der Waals surface area (Å²) in [6, 6.07) is 65.2.